The molecule has 1 unspecified atom stereocenters. The lowest BCUT2D eigenvalue weighted by Crippen LogP contribution is -2.29. The van der Waals surface area contributed by atoms with Crippen LogP contribution >= 0.6 is 0 Å². The molecule has 0 amide bonds. The van der Waals surface area contributed by atoms with Crippen molar-refractivity contribution in [2.75, 3.05) is 33.7 Å². The minimum absolute atomic E-state index is 0.658. The number of nitrogens with zero attached hydrogens (tertiary/aromatic N) is 3. The van der Waals surface area contributed by atoms with Crippen LogP contribution in [-0.2, 0) is 6.54 Å². The molecule has 0 bridgehead atoms. The molecule has 2 rings (SSSR count). The quantitative estimate of drug-likeness (QED) is 0.836. The van der Waals surface area contributed by atoms with Crippen molar-refractivity contribution < 1.29 is 0 Å². The highest BCUT2D eigenvalue weighted by atomic mass is 15.1. The van der Waals surface area contributed by atoms with Gasteiger partial charge in [0, 0.05) is 30.9 Å². The molecule has 1 aliphatic rings. The molecule has 0 aromatic carbocycles. The average molecular weight is 236 g/mol. The molecule has 17 heavy (non-hydrogen) atoms. The van der Waals surface area contributed by atoms with Crippen LogP contribution in [0.3, 0.4) is 0 Å². The second-order valence-electron chi connectivity index (χ2n) is 5.21. The third-order valence-electron chi connectivity index (χ3n) is 3.46. The van der Waals surface area contributed by atoms with Crippen LogP contribution < -0.4 is 5.32 Å². The summed E-state index contributed by atoms with van der Waals surface area (Å²) >= 11 is 0. The first kappa shape index (κ1) is 12.6. The molecule has 1 fully saturated rings. The maximum atomic E-state index is 4.32. The molecule has 0 saturated carbocycles. The van der Waals surface area contributed by atoms with Gasteiger partial charge in [0.2, 0.25) is 0 Å². The maximum absolute atomic E-state index is 4.32. The van der Waals surface area contributed by atoms with Crippen molar-refractivity contribution in [1.82, 2.24) is 19.8 Å². The van der Waals surface area contributed by atoms with Crippen LogP contribution in [0.2, 0.25) is 0 Å². The summed E-state index contributed by atoms with van der Waals surface area (Å²) in [5.41, 5.74) is 1.41. The Morgan fingerprint density at radius 3 is 3.12 bits per heavy atom. The van der Waals surface area contributed by atoms with E-state index in [0.29, 0.717) is 5.92 Å². The van der Waals surface area contributed by atoms with Gasteiger partial charge in [-0.15, -0.1) is 0 Å². The lowest BCUT2D eigenvalue weighted by Gasteiger charge is -2.24. The molecule has 96 valence electrons. The molecule has 1 aliphatic heterocycles. The van der Waals surface area contributed by atoms with E-state index in [1.165, 1.54) is 31.5 Å². The van der Waals surface area contributed by atoms with Crippen LogP contribution in [-0.4, -0.2) is 48.2 Å². The number of nitrogens with one attached hydrogen (secondary N) is 1. The van der Waals surface area contributed by atoms with E-state index in [0.717, 1.165) is 19.6 Å². The lowest BCUT2D eigenvalue weighted by molar-refractivity contribution is 0.379. The predicted octanol–water partition coefficient (Wildman–Crippen LogP) is 1.30. The Morgan fingerprint density at radius 1 is 1.53 bits per heavy atom. The molecule has 4 nitrogen and oxygen atoms in total. The number of hydrogen-bond donors (Lipinski definition) is 1. The topological polar surface area (TPSA) is 33.1 Å². The third-order valence-corrected chi connectivity index (χ3v) is 3.46. The Kier molecular flexibility index (Phi) is 4.57. The molecule has 0 spiro atoms. The summed E-state index contributed by atoms with van der Waals surface area (Å²) in [6, 6.07) is 0. The van der Waals surface area contributed by atoms with Gasteiger partial charge in [0.1, 0.15) is 0 Å². The van der Waals surface area contributed by atoms with E-state index < -0.39 is 0 Å². The Balaban J connectivity index is 1.91. The molecule has 1 aromatic rings. The third kappa shape index (κ3) is 3.54. The Morgan fingerprint density at radius 2 is 2.41 bits per heavy atom. The van der Waals surface area contributed by atoms with Crippen molar-refractivity contribution in [1.29, 1.82) is 0 Å². The Hall–Kier alpha value is -0.870. The molecule has 1 saturated heterocycles. The summed E-state index contributed by atoms with van der Waals surface area (Å²) in [6.45, 7) is 4.51. The van der Waals surface area contributed by atoms with Crippen molar-refractivity contribution in [3.05, 3.63) is 18.2 Å². The zero-order valence-corrected chi connectivity index (χ0v) is 11.0. The Bertz CT molecular complexity index is 326. The van der Waals surface area contributed by atoms with Crippen LogP contribution in [0.5, 0.6) is 0 Å². The van der Waals surface area contributed by atoms with Crippen LogP contribution in [0.4, 0.5) is 0 Å². The van der Waals surface area contributed by atoms with Crippen molar-refractivity contribution >= 4 is 0 Å². The van der Waals surface area contributed by atoms with Gasteiger partial charge in [0.05, 0.1) is 6.33 Å². The van der Waals surface area contributed by atoms with Crippen LogP contribution in [0, 0.1) is 0 Å². The van der Waals surface area contributed by atoms with E-state index in [1.54, 1.807) is 0 Å². The smallest absolute Gasteiger partial charge is 0.0948 e. The van der Waals surface area contributed by atoms with Gasteiger partial charge in [-0.3, -0.25) is 0 Å². The van der Waals surface area contributed by atoms with Gasteiger partial charge in [0.25, 0.3) is 0 Å². The minimum atomic E-state index is 0.658. The van der Waals surface area contributed by atoms with Gasteiger partial charge >= 0.3 is 0 Å². The van der Waals surface area contributed by atoms with Crippen LogP contribution in [0.15, 0.2) is 12.5 Å². The fourth-order valence-electron chi connectivity index (χ4n) is 2.52. The van der Waals surface area contributed by atoms with Crippen LogP contribution in [0.1, 0.15) is 30.9 Å². The number of aryl methyl sites for hydroxylation is 1. The summed E-state index contributed by atoms with van der Waals surface area (Å²) in [4.78, 5) is 6.55. The van der Waals surface area contributed by atoms with E-state index in [1.807, 2.05) is 12.5 Å². The summed E-state index contributed by atoms with van der Waals surface area (Å²) in [6.07, 6.45) is 7.81. The fourth-order valence-corrected chi connectivity index (χ4v) is 2.52. The Labute approximate surface area is 104 Å². The first-order chi connectivity index (χ1) is 8.27. The molecule has 1 aromatic heterocycles. The van der Waals surface area contributed by atoms with Gasteiger partial charge in [0.15, 0.2) is 0 Å². The van der Waals surface area contributed by atoms with E-state index in [2.05, 4.69) is 33.9 Å². The predicted molar refractivity (Wildman–Crippen MR) is 70.2 cm³/mol. The lowest BCUT2D eigenvalue weighted by atomic mass is 9.96. The number of rotatable bonds is 5. The summed E-state index contributed by atoms with van der Waals surface area (Å²) in [7, 11) is 4.25. The van der Waals surface area contributed by atoms with E-state index in [-0.39, 0.29) is 0 Å². The van der Waals surface area contributed by atoms with E-state index >= 15 is 0 Å². The van der Waals surface area contributed by atoms with Gasteiger partial charge in [-0.1, -0.05) is 0 Å². The molecule has 1 N–H and O–H groups in total. The summed E-state index contributed by atoms with van der Waals surface area (Å²) in [5, 5.41) is 3.48. The fraction of sp³-hybridized carbons (Fsp3) is 0.769. The highest BCUT2D eigenvalue weighted by Gasteiger charge is 2.18. The van der Waals surface area contributed by atoms with Crippen molar-refractivity contribution in [2.45, 2.75) is 31.7 Å². The summed E-state index contributed by atoms with van der Waals surface area (Å²) in [5.74, 6) is 0.658. The second kappa shape index (κ2) is 6.17. The van der Waals surface area contributed by atoms with Crippen LogP contribution in [0.25, 0.3) is 0 Å². The van der Waals surface area contributed by atoms with Gasteiger partial charge in [-0.05, 0) is 46.4 Å². The van der Waals surface area contributed by atoms with Gasteiger partial charge in [-0.2, -0.15) is 0 Å². The molecular weight excluding hydrogens is 212 g/mol. The zero-order chi connectivity index (χ0) is 12.1. The SMILES string of the molecule is CN(C)CCCn1cncc1C1CCCNC1. The number of aromatic nitrogens is 2. The van der Waals surface area contributed by atoms with Gasteiger partial charge < -0.3 is 14.8 Å². The normalized spacial score (nSPS) is 21.0. The molecule has 0 aliphatic carbocycles. The number of hydrogen-bond acceptors (Lipinski definition) is 3. The maximum Gasteiger partial charge on any atom is 0.0948 e. The van der Waals surface area contributed by atoms with E-state index in [9.17, 15) is 0 Å². The molecular formula is C13H24N4. The molecule has 2 heterocycles. The minimum Gasteiger partial charge on any atom is -0.334 e. The summed E-state index contributed by atoms with van der Waals surface area (Å²) < 4.78 is 2.33. The van der Waals surface area contributed by atoms with Crippen molar-refractivity contribution in [3.63, 3.8) is 0 Å². The average Bonchev–Trinajstić information content (AvgIpc) is 2.78. The highest BCUT2D eigenvalue weighted by molar-refractivity contribution is 5.08. The standard InChI is InChI=1S/C13H24N4/c1-16(2)7-4-8-17-11-15-10-13(17)12-5-3-6-14-9-12/h10-12,14H,3-9H2,1-2H3. The molecule has 1 atom stereocenters. The van der Waals surface area contributed by atoms with Crippen molar-refractivity contribution in [2.24, 2.45) is 0 Å². The van der Waals surface area contributed by atoms with E-state index in [4.69, 9.17) is 0 Å². The first-order valence-corrected chi connectivity index (χ1v) is 6.63. The molecule has 4 heteroatoms. The zero-order valence-electron chi connectivity index (χ0n) is 11.0. The number of piperidine rings is 1. The van der Waals surface area contributed by atoms with Crippen molar-refractivity contribution in [3.8, 4) is 0 Å². The van der Waals surface area contributed by atoms with Gasteiger partial charge in [-0.25, -0.2) is 4.98 Å². The molecule has 0 radical (unpaired) electrons. The monoisotopic (exact) mass is 236 g/mol. The largest absolute Gasteiger partial charge is 0.334 e. The second-order valence-corrected chi connectivity index (χ2v) is 5.21. The highest BCUT2D eigenvalue weighted by Crippen LogP contribution is 2.22. The number of imidazole rings is 1. The first-order valence-electron chi connectivity index (χ1n) is 6.63.